The Labute approximate surface area is 101 Å². The summed E-state index contributed by atoms with van der Waals surface area (Å²) in [5.74, 6) is 0.343. The average molecular weight is 241 g/mol. The third kappa shape index (κ3) is 3.89. The van der Waals surface area contributed by atoms with Crippen LogP contribution < -0.4 is 10.6 Å². The molecule has 3 amide bonds. The highest BCUT2D eigenvalue weighted by Gasteiger charge is 2.29. The van der Waals surface area contributed by atoms with Gasteiger partial charge in [0.25, 0.3) is 0 Å². The Morgan fingerprint density at radius 2 is 1.76 bits per heavy atom. The molecule has 2 N–H and O–H groups in total. The van der Waals surface area contributed by atoms with Gasteiger partial charge < -0.3 is 20.3 Å². The molecule has 0 bridgehead atoms. The molecule has 2 fully saturated rings. The van der Waals surface area contributed by atoms with Crippen LogP contribution in [-0.4, -0.2) is 56.2 Å². The van der Waals surface area contributed by atoms with Crippen molar-refractivity contribution < 1.29 is 14.3 Å². The van der Waals surface area contributed by atoms with E-state index in [-0.39, 0.29) is 17.9 Å². The Morgan fingerprint density at radius 3 is 2.41 bits per heavy atom. The maximum absolute atomic E-state index is 11.6. The van der Waals surface area contributed by atoms with Crippen molar-refractivity contribution in [1.29, 1.82) is 0 Å². The summed E-state index contributed by atoms with van der Waals surface area (Å²) in [6, 6.07) is -0.0750. The number of urea groups is 1. The molecule has 6 heteroatoms. The molecular formula is C11H19N3O3. The first kappa shape index (κ1) is 12.2. The molecule has 17 heavy (non-hydrogen) atoms. The Balaban J connectivity index is 1.54. The zero-order valence-electron chi connectivity index (χ0n) is 9.91. The minimum Gasteiger partial charge on any atom is -0.378 e. The summed E-state index contributed by atoms with van der Waals surface area (Å²) in [5.41, 5.74) is 0. The number of rotatable bonds is 4. The fourth-order valence-electron chi connectivity index (χ4n) is 1.72. The van der Waals surface area contributed by atoms with Gasteiger partial charge in [0.2, 0.25) is 5.91 Å². The number of hydrogen-bond donors (Lipinski definition) is 2. The molecule has 1 heterocycles. The smallest absolute Gasteiger partial charge is 0.317 e. The van der Waals surface area contributed by atoms with Gasteiger partial charge in [-0.15, -0.1) is 0 Å². The average Bonchev–Trinajstić information content (AvgIpc) is 3.19. The molecule has 0 spiro atoms. The number of ether oxygens (including phenoxy) is 1. The molecule has 0 radical (unpaired) electrons. The third-order valence-corrected chi connectivity index (χ3v) is 2.95. The van der Waals surface area contributed by atoms with Gasteiger partial charge >= 0.3 is 6.03 Å². The van der Waals surface area contributed by atoms with Gasteiger partial charge in [-0.25, -0.2) is 4.79 Å². The molecule has 2 aliphatic rings. The largest absolute Gasteiger partial charge is 0.378 e. The van der Waals surface area contributed by atoms with Crippen LogP contribution in [0.5, 0.6) is 0 Å². The predicted molar refractivity (Wildman–Crippen MR) is 61.5 cm³/mol. The highest BCUT2D eigenvalue weighted by atomic mass is 16.5. The van der Waals surface area contributed by atoms with E-state index in [0.717, 1.165) is 12.8 Å². The van der Waals surface area contributed by atoms with E-state index in [2.05, 4.69) is 10.6 Å². The summed E-state index contributed by atoms with van der Waals surface area (Å²) >= 11 is 0. The van der Waals surface area contributed by atoms with Gasteiger partial charge in [0, 0.05) is 32.1 Å². The molecule has 0 aromatic heterocycles. The lowest BCUT2D eigenvalue weighted by Gasteiger charge is -2.26. The zero-order chi connectivity index (χ0) is 12.1. The maximum Gasteiger partial charge on any atom is 0.317 e. The van der Waals surface area contributed by atoms with Crippen LogP contribution in [0, 0.1) is 5.92 Å². The molecule has 2 rings (SSSR count). The molecule has 6 nitrogen and oxygen atoms in total. The summed E-state index contributed by atoms with van der Waals surface area (Å²) in [4.78, 5) is 24.7. The van der Waals surface area contributed by atoms with E-state index in [1.807, 2.05) is 0 Å². The van der Waals surface area contributed by atoms with Gasteiger partial charge in [-0.3, -0.25) is 4.79 Å². The van der Waals surface area contributed by atoms with Crippen molar-refractivity contribution in [1.82, 2.24) is 15.5 Å². The summed E-state index contributed by atoms with van der Waals surface area (Å²) in [6.07, 6.45) is 2.01. The number of amides is 3. The number of morpholine rings is 1. The van der Waals surface area contributed by atoms with Crippen LogP contribution in [0.4, 0.5) is 4.79 Å². The van der Waals surface area contributed by atoms with Gasteiger partial charge in [-0.2, -0.15) is 0 Å². The van der Waals surface area contributed by atoms with Crippen LogP contribution in [-0.2, 0) is 9.53 Å². The van der Waals surface area contributed by atoms with Crippen molar-refractivity contribution in [3.05, 3.63) is 0 Å². The minimum atomic E-state index is -0.0750. The minimum absolute atomic E-state index is 0.0750. The zero-order valence-corrected chi connectivity index (χ0v) is 9.91. The van der Waals surface area contributed by atoms with Crippen molar-refractivity contribution in [2.75, 3.05) is 39.4 Å². The lowest BCUT2D eigenvalue weighted by atomic mass is 10.4. The van der Waals surface area contributed by atoms with Crippen molar-refractivity contribution in [2.45, 2.75) is 12.8 Å². The van der Waals surface area contributed by atoms with E-state index in [4.69, 9.17) is 4.74 Å². The molecule has 0 unspecified atom stereocenters. The fourth-order valence-corrected chi connectivity index (χ4v) is 1.72. The third-order valence-electron chi connectivity index (χ3n) is 2.95. The van der Waals surface area contributed by atoms with E-state index in [1.54, 1.807) is 4.90 Å². The van der Waals surface area contributed by atoms with Crippen LogP contribution in [0.1, 0.15) is 12.8 Å². The summed E-state index contributed by atoms with van der Waals surface area (Å²) in [5, 5.41) is 5.59. The Bertz CT molecular complexity index is 286. The molecule has 1 saturated heterocycles. The summed E-state index contributed by atoms with van der Waals surface area (Å²) < 4.78 is 5.16. The first-order valence-electron chi connectivity index (χ1n) is 6.15. The highest BCUT2D eigenvalue weighted by Crippen LogP contribution is 2.28. The van der Waals surface area contributed by atoms with Crippen LogP contribution in [0.2, 0.25) is 0 Å². The van der Waals surface area contributed by atoms with Crippen molar-refractivity contribution in [2.24, 2.45) is 5.92 Å². The highest BCUT2D eigenvalue weighted by molar-refractivity contribution is 5.80. The standard InChI is InChI=1S/C11H19N3O3/c15-10(9-1-2-9)12-3-4-13-11(16)14-5-7-17-8-6-14/h9H,1-8H2,(H,12,15)(H,13,16). The van der Waals surface area contributed by atoms with Crippen molar-refractivity contribution in [3.8, 4) is 0 Å². The topological polar surface area (TPSA) is 70.7 Å². The van der Waals surface area contributed by atoms with E-state index in [0.29, 0.717) is 39.4 Å². The number of nitrogens with one attached hydrogen (secondary N) is 2. The number of hydrogen-bond acceptors (Lipinski definition) is 3. The molecule has 1 aliphatic carbocycles. The Kier molecular flexibility index (Phi) is 4.19. The second-order valence-electron chi connectivity index (χ2n) is 4.40. The second kappa shape index (κ2) is 5.86. The molecule has 0 atom stereocenters. The van der Waals surface area contributed by atoms with E-state index in [1.165, 1.54) is 0 Å². The lowest BCUT2D eigenvalue weighted by molar-refractivity contribution is -0.122. The van der Waals surface area contributed by atoms with Crippen LogP contribution >= 0.6 is 0 Å². The lowest BCUT2D eigenvalue weighted by Crippen LogP contribution is -2.47. The van der Waals surface area contributed by atoms with Gasteiger partial charge in [-0.1, -0.05) is 0 Å². The van der Waals surface area contributed by atoms with E-state index < -0.39 is 0 Å². The molecular weight excluding hydrogens is 222 g/mol. The van der Waals surface area contributed by atoms with Crippen LogP contribution in [0.3, 0.4) is 0 Å². The van der Waals surface area contributed by atoms with Crippen molar-refractivity contribution in [3.63, 3.8) is 0 Å². The Morgan fingerprint density at radius 1 is 1.12 bits per heavy atom. The molecule has 1 aliphatic heterocycles. The molecule has 1 saturated carbocycles. The van der Waals surface area contributed by atoms with Crippen LogP contribution in [0.25, 0.3) is 0 Å². The first-order chi connectivity index (χ1) is 8.27. The van der Waals surface area contributed by atoms with Gasteiger partial charge in [0.15, 0.2) is 0 Å². The second-order valence-corrected chi connectivity index (χ2v) is 4.40. The quantitative estimate of drug-likeness (QED) is 0.655. The van der Waals surface area contributed by atoms with E-state index in [9.17, 15) is 9.59 Å². The van der Waals surface area contributed by atoms with Crippen LogP contribution in [0.15, 0.2) is 0 Å². The molecule has 0 aromatic rings. The summed E-state index contributed by atoms with van der Waals surface area (Å²) in [6.45, 7) is 3.47. The van der Waals surface area contributed by atoms with Gasteiger partial charge in [0.1, 0.15) is 0 Å². The SMILES string of the molecule is O=C(NCCNC(=O)N1CCOCC1)C1CC1. The predicted octanol–water partition coefficient (Wildman–Crippen LogP) is -0.446. The maximum atomic E-state index is 11.6. The molecule has 0 aromatic carbocycles. The van der Waals surface area contributed by atoms with E-state index >= 15 is 0 Å². The fraction of sp³-hybridized carbons (Fsp3) is 0.818. The first-order valence-corrected chi connectivity index (χ1v) is 6.15. The number of carbonyl (C=O) groups is 2. The number of carbonyl (C=O) groups excluding carboxylic acids is 2. The normalized spacial score (nSPS) is 19.9. The monoisotopic (exact) mass is 241 g/mol. The number of nitrogens with zero attached hydrogens (tertiary/aromatic N) is 1. The Hall–Kier alpha value is -1.30. The summed E-state index contributed by atoms with van der Waals surface area (Å²) in [7, 11) is 0. The van der Waals surface area contributed by atoms with Gasteiger partial charge in [-0.05, 0) is 12.8 Å². The van der Waals surface area contributed by atoms with Gasteiger partial charge in [0.05, 0.1) is 13.2 Å². The van der Waals surface area contributed by atoms with Crippen molar-refractivity contribution >= 4 is 11.9 Å². The molecule has 96 valence electrons.